The van der Waals surface area contributed by atoms with Gasteiger partial charge in [-0.3, -0.25) is 4.79 Å². The van der Waals surface area contributed by atoms with Crippen LogP contribution in [0.2, 0.25) is 5.02 Å². The van der Waals surface area contributed by atoms with Gasteiger partial charge < -0.3 is 13.7 Å². The van der Waals surface area contributed by atoms with Crippen molar-refractivity contribution in [3.63, 3.8) is 0 Å². The molecule has 0 spiro atoms. The van der Waals surface area contributed by atoms with E-state index < -0.39 is 17.3 Å². The summed E-state index contributed by atoms with van der Waals surface area (Å²) >= 11 is 6.13. The molecule has 0 aliphatic carbocycles. The van der Waals surface area contributed by atoms with E-state index in [0.717, 1.165) is 0 Å². The van der Waals surface area contributed by atoms with Gasteiger partial charge in [0, 0.05) is 16.0 Å². The summed E-state index contributed by atoms with van der Waals surface area (Å²) in [6.07, 6.45) is 1.47. The average Bonchev–Trinajstić information content (AvgIpc) is 3.22. The predicted octanol–water partition coefficient (Wildman–Crippen LogP) is 5.02. The summed E-state index contributed by atoms with van der Waals surface area (Å²) in [5.74, 6) is -0.670. The molecule has 0 fully saturated rings. The molecule has 4 aromatic rings. The second-order valence-electron chi connectivity index (χ2n) is 6.43. The van der Waals surface area contributed by atoms with Crippen molar-refractivity contribution < 1.29 is 18.0 Å². The lowest BCUT2D eigenvalue weighted by molar-refractivity contribution is 0.0712. The Labute approximate surface area is 169 Å². The number of carbonyl (C=O) groups is 1. The molecule has 2 aromatic carbocycles. The number of carbonyl (C=O) groups excluding carboxylic acids is 1. The lowest BCUT2D eigenvalue weighted by Crippen LogP contribution is -2.33. The van der Waals surface area contributed by atoms with E-state index in [1.807, 2.05) is 0 Å². The van der Waals surface area contributed by atoms with Crippen LogP contribution in [-0.4, -0.2) is 10.8 Å². The first-order valence-electron chi connectivity index (χ1n) is 8.80. The second kappa shape index (κ2) is 7.93. The number of amides is 1. The molecule has 0 unspecified atom stereocenters. The third kappa shape index (κ3) is 3.93. The normalized spacial score (nSPS) is 11.0. The zero-order valence-electron chi connectivity index (χ0n) is 15.1. The standard InChI is InChI=1S/C22H15ClFNO4/c23-18-7-3-8-19(24)17(18)13-25(12-15-6-4-10-28-15)21(26)16-11-14-5-1-2-9-20(14)29-22(16)27/h1-11H,12-13H2. The minimum absolute atomic E-state index is 0.0305. The fourth-order valence-corrected chi connectivity index (χ4v) is 3.27. The van der Waals surface area contributed by atoms with Crippen molar-refractivity contribution in [1.82, 2.24) is 4.90 Å². The van der Waals surface area contributed by atoms with Crippen LogP contribution in [0.25, 0.3) is 11.0 Å². The van der Waals surface area contributed by atoms with Gasteiger partial charge in [0.15, 0.2) is 0 Å². The highest BCUT2D eigenvalue weighted by atomic mass is 35.5. The Morgan fingerprint density at radius 1 is 1.03 bits per heavy atom. The average molecular weight is 412 g/mol. The van der Waals surface area contributed by atoms with Crippen LogP contribution in [0.3, 0.4) is 0 Å². The number of para-hydroxylation sites is 1. The number of furan rings is 1. The third-order valence-electron chi connectivity index (χ3n) is 4.50. The Morgan fingerprint density at radius 3 is 2.62 bits per heavy atom. The smallest absolute Gasteiger partial charge is 0.349 e. The summed E-state index contributed by atoms with van der Waals surface area (Å²) in [7, 11) is 0. The molecular formula is C22H15ClFNO4. The van der Waals surface area contributed by atoms with Gasteiger partial charge in [-0.25, -0.2) is 9.18 Å². The van der Waals surface area contributed by atoms with Gasteiger partial charge in [-0.15, -0.1) is 0 Å². The Bertz CT molecular complexity index is 1210. The summed E-state index contributed by atoms with van der Waals surface area (Å²) in [5, 5.41) is 0.796. The van der Waals surface area contributed by atoms with E-state index >= 15 is 0 Å². The lowest BCUT2D eigenvalue weighted by atomic mass is 10.1. The molecular weight excluding hydrogens is 397 g/mol. The molecule has 0 aliphatic rings. The van der Waals surface area contributed by atoms with Crippen LogP contribution in [-0.2, 0) is 13.1 Å². The maximum absolute atomic E-state index is 14.3. The van der Waals surface area contributed by atoms with E-state index in [0.29, 0.717) is 16.7 Å². The molecule has 2 aromatic heterocycles. The van der Waals surface area contributed by atoms with Gasteiger partial charge in [0.2, 0.25) is 0 Å². The molecule has 1 amide bonds. The Balaban J connectivity index is 1.75. The van der Waals surface area contributed by atoms with E-state index in [4.69, 9.17) is 20.4 Å². The highest BCUT2D eigenvalue weighted by molar-refractivity contribution is 6.31. The Morgan fingerprint density at radius 2 is 1.86 bits per heavy atom. The van der Waals surface area contributed by atoms with Crippen molar-refractivity contribution in [1.29, 1.82) is 0 Å². The quantitative estimate of drug-likeness (QED) is 0.432. The van der Waals surface area contributed by atoms with Gasteiger partial charge in [-0.2, -0.15) is 0 Å². The molecule has 0 radical (unpaired) electrons. The Hall–Kier alpha value is -3.38. The molecule has 0 saturated carbocycles. The summed E-state index contributed by atoms with van der Waals surface area (Å²) in [4.78, 5) is 26.9. The van der Waals surface area contributed by atoms with Gasteiger partial charge in [-0.05, 0) is 36.4 Å². The number of hydrogen-bond donors (Lipinski definition) is 0. The summed E-state index contributed by atoms with van der Waals surface area (Å²) < 4.78 is 24.9. The molecule has 29 heavy (non-hydrogen) atoms. The number of fused-ring (bicyclic) bond motifs is 1. The number of nitrogens with zero attached hydrogens (tertiary/aromatic N) is 1. The monoisotopic (exact) mass is 411 g/mol. The van der Waals surface area contributed by atoms with Crippen molar-refractivity contribution in [2.24, 2.45) is 0 Å². The van der Waals surface area contributed by atoms with Crippen LogP contribution >= 0.6 is 11.6 Å². The first-order chi connectivity index (χ1) is 14.0. The van der Waals surface area contributed by atoms with Crippen molar-refractivity contribution in [2.75, 3.05) is 0 Å². The fourth-order valence-electron chi connectivity index (χ4n) is 3.05. The number of rotatable bonds is 5. The Kier molecular flexibility index (Phi) is 5.18. The molecule has 146 valence electrons. The number of benzene rings is 2. The van der Waals surface area contributed by atoms with Crippen molar-refractivity contribution >= 4 is 28.5 Å². The molecule has 5 nitrogen and oxygen atoms in total. The summed E-state index contributed by atoms with van der Waals surface area (Å²) in [6, 6.07) is 16.0. The molecule has 0 bridgehead atoms. The van der Waals surface area contributed by atoms with Crippen LogP contribution < -0.4 is 5.63 Å². The van der Waals surface area contributed by atoms with E-state index in [-0.39, 0.29) is 29.2 Å². The predicted molar refractivity (Wildman–Crippen MR) is 106 cm³/mol. The first kappa shape index (κ1) is 19.0. The molecule has 4 rings (SSSR count). The van der Waals surface area contributed by atoms with Gasteiger partial charge in [-0.1, -0.05) is 35.9 Å². The van der Waals surface area contributed by atoms with Crippen LogP contribution in [0.15, 0.2) is 80.6 Å². The minimum atomic E-state index is -0.766. The topological polar surface area (TPSA) is 63.7 Å². The summed E-state index contributed by atoms with van der Waals surface area (Å²) in [5.41, 5.74) is -0.386. The SMILES string of the molecule is O=C(c1cc2ccccc2oc1=O)N(Cc1ccco1)Cc1c(F)cccc1Cl. The molecule has 2 heterocycles. The highest BCUT2D eigenvalue weighted by Gasteiger charge is 2.24. The molecule has 7 heteroatoms. The van der Waals surface area contributed by atoms with Gasteiger partial charge in [0.1, 0.15) is 22.7 Å². The van der Waals surface area contributed by atoms with Gasteiger partial charge in [0.05, 0.1) is 19.4 Å². The van der Waals surface area contributed by atoms with E-state index in [9.17, 15) is 14.0 Å². The zero-order chi connectivity index (χ0) is 20.4. The second-order valence-corrected chi connectivity index (χ2v) is 6.83. The molecule has 0 atom stereocenters. The molecule has 0 saturated heterocycles. The van der Waals surface area contributed by atoms with Crippen molar-refractivity contribution in [3.8, 4) is 0 Å². The first-order valence-corrected chi connectivity index (χ1v) is 9.18. The van der Waals surface area contributed by atoms with Gasteiger partial charge in [0.25, 0.3) is 5.91 Å². The maximum Gasteiger partial charge on any atom is 0.349 e. The largest absolute Gasteiger partial charge is 0.467 e. The maximum atomic E-state index is 14.3. The zero-order valence-corrected chi connectivity index (χ0v) is 15.9. The number of hydrogen-bond acceptors (Lipinski definition) is 4. The van der Waals surface area contributed by atoms with E-state index in [1.165, 1.54) is 29.4 Å². The molecule has 0 aliphatic heterocycles. The van der Waals surface area contributed by atoms with Crippen LogP contribution in [0.4, 0.5) is 4.39 Å². The summed E-state index contributed by atoms with van der Waals surface area (Å²) in [6.45, 7) is -0.111. The van der Waals surface area contributed by atoms with Crippen LogP contribution in [0, 0.1) is 5.82 Å². The fraction of sp³-hybridized carbons (Fsp3) is 0.0909. The van der Waals surface area contributed by atoms with E-state index in [1.54, 1.807) is 42.5 Å². The number of halogens is 2. The van der Waals surface area contributed by atoms with Crippen molar-refractivity contribution in [2.45, 2.75) is 13.1 Å². The highest BCUT2D eigenvalue weighted by Crippen LogP contribution is 2.23. The minimum Gasteiger partial charge on any atom is -0.467 e. The van der Waals surface area contributed by atoms with Crippen molar-refractivity contribution in [3.05, 3.63) is 105 Å². The third-order valence-corrected chi connectivity index (χ3v) is 4.85. The van der Waals surface area contributed by atoms with Crippen LogP contribution in [0.5, 0.6) is 0 Å². The van der Waals surface area contributed by atoms with Crippen LogP contribution in [0.1, 0.15) is 21.7 Å². The lowest BCUT2D eigenvalue weighted by Gasteiger charge is -2.22. The molecule has 0 N–H and O–H groups in total. The van der Waals surface area contributed by atoms with E-state index in [2.05, 4.69) is 0 Å². The van der Waals surface area contributed by atoms with Gasteiger partial charge >= 0.3 is 5.63 Å².